The number of carbonyl (C=O) groups is 2. The average Bonchev–Trinajstić information content (AvgIpc) is 2.41. The first-order valence-electron chi connectivity index (χ1n) is 7.10. The largest absolute Gasteiger partial charge is 0.336 e. The van der Waals surface area contributed by atoms with Crippen LogP contribution in [0.25, 0.3) is 0 Å². The molecule has 1 aromatic carbocycles. The van der Waals surface area contributed by atoms with Crippen molar-refractivity contribution in [3.8, 4) is 0 Å². The number of hydrogen-bond donors (Lipinski definition) is 2. The van der Waals surface area contributed by atoms with Gasteiger partial charge in [-0.1, -0.05) is 19.1 Å². The van der Waals surface area contributed by atoms with Crippen LogP contribution in [0.1, 0.15) is 25.0 Å². The number of anilines is 1. The van der Waals surface area contributed by atoms with Gasteiger partial charge in [0.25, 0.3) is 0 Å². The lowest BCUT2D eigenvalue weighted by Gasteiger charge is -2.23. The molecule has 1 aromatic rings. The fourth-order valence-electron chi connectivity index (χ4n) is 1.94. The lowest BCUT2D eigenvalue weighted by molar-refractivity contribution is -0.136. The maximum atomic E-state index is 12.1. The van der Waals surface area contributed by atoms with E-state index < -0.39 is 0 Å². The van der Waals surface area contributed by atoms with Crippen LogP contribution in [0.4, 0.5) is 5.69 Å². The standard InChI is InChI=1S/C16H25N3O2.ClH/c1-10-7-6-8-14(11(10)2)18-15(20)9-19(5)16(21)12(3)13(4)17;/h6-8,12-13H,9,17H2,1-5H3,(H,18,20);1H. The molecule has 0 heterocycles. The summed E-state index contributed by atoms with van der Waals surface area (Å²) in [7, 11) is 1.61. The van der Waals surface area contributed by atoms with Crippen LogP contribution in [-0.4, -0.2) is 36.3 Å². The lowest BCUT2D eigenvalue weighted by Crippen LogP contribution is -2.42. The second kappa shape index (κ2) is 8.76. The molecule has 2 unspecified atom stereocenters. The Hall–Kier alpha value is -1.59. The Kier molecular flexibility index (Phi) is 8.12. The highest BCUT2D eigenvalue weighted by Crippen LogP contribution is 2.17. The van der Waals surface area contributed by atoms with E-state index in [0.29, 0.717) is 0 Å². The third-order valence-electron chi connectivity index (χ3n) is 3.81. The zero-order valence-electron chi connectivity index (χ0n) is 13.8. The van der Waals surface area contributed by atoms with E-state index in [4.69, 9.17) is 5.73 Å². The van der Waals surface area contributed by atoms with Crippen LogP contribution in [0.5, 0.6) is 0 Å². The molecule has 2 amide bonds. The highest BCUT2D eigenvalue weighted by Gasteiger charge is 2.22. The third kappa shape index (κ3) is 5.31. The minimum atomic E-state index is -0.302. The van der Waals surface area contributed by atoms with Gasteiger partial charge >= 0.3 is 0 Å². The molecule has 2 atom stereocenters. The molecule has 5 nitrogen and oxygen atoms in total. The van der Waals surface area contributed by atoms with E-state index in [-0.39, 0.29) is 42.7 Å². The van der Waals surface area contributed by atoms with Gasteiger partial charge in [0.15, 0.2) is 0 Å². The van der Waals surface area contributed by atoms with Crippen molar-refractivity contribution < 1.29 is 9.59 Å². The molecule has 0 bridgehead atoms. The third-order valence-corrected chi connectivity index (χ3v) is 3.81. The highest BCUT2D eigenvalue weighted by atomic mass is 35.5. The van der Waals surface area contributed by atoms with Crippen molar-refractivity contribution in [3.63, 3.8) is 0 Å². The molecule has 0 aliphatic rings. The number of halogens is 1. The van der Waals surface area contributed by atoms with E-state index in [0.717, 1.165) is 16.8 Å². The van der Waals surface area contributed by atoms with Crippen molar-refractivity contribution in [1.82, 2.24) is 4.90 Å². The first kappa shape index (κ1) is 20.4. The van der Waals surface area contributed by atoms with Crippen LogP contribution in [0, 0.1) is 19.8 Å². The topological polar surface area (TPSA) is 75.4 Å². The number of nitrogens with one attached hydrogen (secondary N) is 1. The number of nitrogens with zero attached hydrogens (tertiary/aromatic N) is 1. The summed E-state index contributed by atoms with van der Waals surface area (Å²) in [4.78, 5) is 25.5. The molecule has 0 fully saturated rings. The molecule has 3 N–H and O–H groups in total. The Morgan fingerprint density at radius 3 is 2.41 bits per heavy atom. The predicted molar refractivity (Wildman–Crippen MR) is 92.2 cm³/mol. The van der Waals surface area contributed by atoms with Gasteiger partial charge in [-0.3, -0.25) is 9.59 Å². The molecule has 0 spiro atoms. The molecule has 0 aliphatic carbocycles. The van der Waals surface area contributed by atoms with Gasteiger partial charge in [-0.15, -0.1) is 12.4 Å². The molecular formula is C16H26ClN3O2. The van der Waals surface area contributed by atoms with Crippen molar-refractivity contribution in [2.24, 2.45) is 11.7 Å². The smallest absolute Gasteiger partial charge is 0.243 e. The molecule has 1 rings (SSSR count). The van der Waals surface area contributed by atoms with Crippen LogP contribution in [0.2, 0.25) is 0 Å². The van der Waals surface area contributed by atoms with E-state index in [9.17, 15) is 9.59 Å². The number of likely N-dealkylation sites (N-methyl/N-ethyl adjacent to an activating group) is 1. The molecule has 0 aliphatic heterocycles. The Balaban J connectivity index is 0.00000441. The van der Waals surface area contributed by atoms with E-state index in [1.807, 2.05) is 32.0 Å². The molecule has 22 heavy (non-hydrogen) atoms. The summed E-state index contributed by atoms with van der Waals surface area (Å²) in [5, 5.41) is 2.84. The molecule has 0 aromatic heterocycles. The van der Waals surface area contributed by atoms with Gasteiger partial charge in [-0.25, -0.2) is 0 Å². The summed E-state index contributed by atoms with van der Waals surface area (Å²) in [6.07, 6.45) is 0. The summed E-state index contributed by atoms with van der Waals surface area (Å²) in [5.74, 6) is -0.638. The maximum absolute atomic E-state index is 12.1. The first-order valence-corrected chi connectivity index (χ1v) is 7.10. The molecule has 0 saturated heterocycles. The Morgan fingerprint density at radius 2 is 1.86 bits per heavy atom. The monoisotopic (exact) mass is 327 g/mol. The van der Waals surface area contributed by atoms with Gasteiger partial charge in [0.05, 0.1) is 12.5 Å². The predicted octanol–water partition coefficient (Wildman–Crippen LogP) is 2.11. The number of carbonyl (C=O) groups excluding carboxylic acids is 2. The normalized spacial score (nSPS) is 12.8. The first-order chi connectivity index (χ1) is 9.73. The molecule has 6 heteroatoms. The van der Waals surface area contributed by atoms with Crippen LogP contribution >= 0.6 is 12.4 Å². The maximum Gasteiger partial charge on any atom is 0.243 e. The van der Waals surface area contributed by atoms with Gasteiger partial charge in [0.2, 0.25) is 11.8 Å². The second-order valence-electron chi connectivity index (χ2n) is 5.64. The van der Waals surface area contributed by atoms with Crippen molar-refractivity contribution in [2.75, 3.05) is 18.9 Å². The van der Waals surface area contributed by atoms with Crippen molar-refractivity contribution in [1.29, 1.82) is 0 Å². The summed E-state index contributed by atoms with van der Waals surface area (Å²) in [5.41, 5.74) is 8.64. The number of amides is 2. The summed E-state index contributed by atoms with van der Waals surface area (Å²) >= 11 is 0. The SMILES string of the molecule is Cc1cccc(NC(=O)CN(C)C(=O)C(C)C(C)N)c1C.Cl. The molecule has 0 saturated carbocycles. The van der Waals surface area contributed by atoms with E-state index >= 15 is 0 Å². The minimum absolute atomic E-state index is 0. The summed E-state index contributed by atoms with van der Waals surface area (Å²) < 4.78 is 0. The number of nitrogens with two attached hydrogens (primary N) is 1. The Morgan fingerprint density at radius 1 is 1.27 bits per heavy atom. The average molecular weight is 328 g/mol. The van der Waals surface area contributed by atoms with Crippen LogP contribution in [-0.2, 0) is 9.59 Å². The minimum Gasteiger partial charge on any atom is -0.336 e. The van der Waals surface area contributed by atoms with E-state index in [2.05, 4.69) is 5.32 Å². The molecule has 124 valence electrons. The van der Waals surface area contributed by atoms with Crippen LogP contribution < -0.4 is 11.1 Å². The zero-order chi connectivity index (χ0) is 16.2. The fraction of sp³-hybridized carbons (Fsp3) is 0.500. The Bertz CT molecular complexity index is 532. The molecule has 0 radical (unpaired) electrons. The zero-order valence-corrected chi connectivity index (χ0v) is 14.7. The summed E-state index contributed by atoms with van der Waals surface area (Å²) in [6, 6.07) is 5.50. The number of hydrogen-bond acceptors (Lipinski definition) is 3. The van der Waals surface area contributed by atoms with Gasteiger partial charge < -0.3 is 16.0 Å². The number of rotatable bonds is 5. The lowest BCUT2D eigenvalue weighted by atomic mass is 10.0. The van der Waals surface area contributed by atoms with Crippen LogP contribution in [0.3, 0.4) is 0 Å². The van der Waals surface area contributed by atoms with Gasteiger partial charge in [-0.05, 0) is 38.0 Å². The van der Waals surface area contributed by atoms with E-state index in [1.165, 1.54) is 4.90 Å². The molecular weight excluding hydrogens is 302 g/mol. The number of benzene rings is 1. The second-order valence-corrected chi connectivity index (χ2v) is 5.64. The van der Waals surface area contributed by atoms with E-state index in [1.54, 1.807) is 20.9 Å². The highest BCUT2D eigenvalue weighted by molar-refractivity contribution is 5.95. The van der Waals surface area contributed by atoms with Gasteiger partial charge in [-0.2, -0.15) is 0 Å². The fourth-order valence-corrected chi connectivity index (χ4v) is 1.94. The Labute approximate surface area is 138 Å². The quantitative estimate of drug-likeness (QED) is 0.869. The van der Waals surface area contributed by atoms with Gasteiger partial charge in [0.1, 0.15) is 0 Å². The van der Waals surface area contributed by atoms with Crippen molar-refractivity contribution in [3.05, 3.63) is 29.3 Å². The van der Waals surface area contributed by atoms with Crippen LogP contribution in [0.15, 0.2) is 18.2 Å². The summed E-state index contributed by atoms with van der Waals surface area (Å²) in [6.45, 7) is 7.52. The van der Waals surface area contributed by atoms with Gasteiger partial charge in [0, 0.05) is 18.8 Å². The number of aryl methyl sites for hydroxylation is 1. The van der Waals surface area contributed by atoms with Crippen molar-refractivity contribution >= 4 is 29.9 Å². The van der Waals surface area contributed by atoms with Crippen molar-refractivity contribution in [2.45, 2.75) is 33.7 Å².